The summed E-state index contributed by atoms with van der Waals surface area (Å²) in [5.74, 6) is -1.13. The third-order valence-electron chi connectivity index (χ3n) is 4.04. The number of hydrogen-bond acceptors (Lipinski definition) is 2. The fourth-order valence-corrected chi connectivity index (χ4v) is 2.72. The average molecular weight is 228 g/mol. The Balaban J connectivity index is 2.68. The van der Waals surface area contributed by atoms with Gasteiger partial charge in [-0.1, -0.05) is 39.5 Å². The van der Waals surface area contributed by atoms with Crippen LogP contribution in [-0.2, 0) is 4.79 Å². The summed E-state index contributed by atoms with van der Waals surface area (Å²) >= 11 is 0. The van der Waals surface area contributed by atoms with Crippen LogP contribution in [0.2, 0.25) is 0 Å². The van der Waals surface area contributed by atoms with Crippen LogP contribution < -0.4 is 0 Å². The average Bonchev–Trinajstić information content (AvgIpc) is 2.29. The number of carboxylic acid groups (broad SMARTS) is 1. The Kier molecular flexibility index (Phi) is 5.26. The van der Waals surface area contributed by atoms with Gasteiger partial charge in [0.25, 0.3) is 0 Å². The summed E-state index contributed by atoms with van der Waals surface area (Å²) in [6.45, 7) is 3.93. The minimum absolute atomic E-state index is 0.0722. The van der Waals surface area contributed by atoms with Gasteiger partial charge in [-0.3, -0.25) is 4.79 Å². The van der Waals surface area contributed by atoms with Crippen molar-refractivity contribution in [3.05, 3.63) is 0 Å². The van der Waals surface area contributed by atoms with Crippen LogP contribution in [-0.4, -0.2) is 22.3 Å². The van der Waals surface area contributed by atoms with Gasteiger partial charge in [-0.15, -0.1) is 0 Å². The smallest absolute Gasteiger partial charge is 0.309 e. The van der Waals surface area contributed by atoms with Gasteiger partial charge in [-0.05, 0) is 24.7 Å². The number of aliphatic carboxylic acids is 1. The van der Waals surface area contributed by atoms with Crippen LogP contribution in [0.4, 0.5) is 0 Å². The number of carboxylic acids is 1. The zero-order chi connectivity index (χ0) is 12.1. The zero-order valence-electron chi connectivity index (χ0n) is 10.4. The van der Waals surface area contributed by atoms with Gasteiger partial charge in [0.15, 0.2) is 0 Å². The largest absolute Gasteiger partial charge is 0.481 e. The van der Waals surface area contributed by atoms with E-state index >= 15 is 0 Å². The molecule has 0 spiro atoms. The second kappa shape index (κ2) is 6.24. The second-order valence-corrected chi connectivity index (χ2v) is 5.14. The van der Waals surface area contributed by atoms with Crippen LogP contribution in [0.3, 0.4) is 0 Å². The Morgan fingerprint density at radius 1 is 1.31 bits per heavy atom. The van der Waals surface area contributed by atoms with E-state index in [1.807, 2.05) is 13.8 Å². The summed E-state index contributed by atoms with van der Waals surface area (Å²) in [4.78, 5) is 11.3. The highest BCUT2D eigenvalue weighted by Gasteiger charge is 2.37. The maximum atomic E-state index is 11.3. The molecule has 3 unspecified atom stereocenters. The third kappa shape index (κ3) is 3.21. The lowest BCUT2D eigenvalue weighted by atomic mass is 9.74. The first kappa shape index (κ1) is 13.5. The summed E-state index contributed by atoms with van der Waals surface area (Å²) in [6.07, 6.45) is 5.50. The van der Waals surface area contributed by atoms with Crippen molar-refractivity contribution >= 4 is 5.97 Å². The fraction of sp³-hybridized carbons (Fsp3) is 0.923. The van der Waals surface area contributed by atoms with E-state index in [9.17, 15) is 15.0 Å². The molecule has 1 aliphatic carbocycles. The molecule has 0 heterocycles. The molecule has 3 heteroatoms. The molecule has 0 radical (unpaired) electrons. The summed E-state index contributed by atoms with van der Waals surface area (Å²) in [6, 6.07) is 0. The highest BCUT2D eigenvalue weighted by molar-refractivity contribution is 5.71. The number of rotatable bonds is 5. The highest BCUT2D eigenvalue weighted by atomic mass is 16.4. The van der Waals surface area contributed by atoms with Crippen molar-refractivity contribution in [3.63, 3.8) is 0 Å². The molecule has 0 aromatic rings. The van der Waals surface area contributed by atoms with E-state index in [1.165, 1.54) is 6.42 Å². The minimum Gasteiger partial charge on any atom is -0.481 e. The first-order valence-electron chi connectivity index (χ1n) is 6.48. The van der Waals surface area contributed by atoms with Crippen molar-refractivity contribution in [2.45, 2.75) is 58.5 Å². The lowest BCUT2D eigenvalue weighted by Crippen LogP contribution is -2.39. The summed E-state index contributed by atoms with van der Waals surface area (Å²) in [5, 5.41) is 19.4. The minimum atomic E-state index is -0.820. The zero-order valence-corrected chi connectivity index (χ0v) is 10.4. The number of aliphatic hydroxyl groups is 1. The molecule has 0 bridgehead atoms. The molecule has 1 saturated carbocycles. The van der Waals surface area contributed by atoms with Crippen molar-refractivity contribution in [2.75, 3.05) is 0 Å². The first-order valence-corrected chi connectivity index (χ1v) is 6.48. The molecule has 0 aromatic heterocycles. The van der Waals surface area contributed by atoms with Gasteiger partial charge >= 0.3 is 5.97 Å². The van der Waals surface area contributed by atoms with Gasteiger partial charge in [0.05, 0.1) is 12.0 Å². The summed E-state index contributed by atoms with van der Waals surface area (Å²) < 4.78 is 0. The van der Waals surface area contributed by atoms with Gasteiger partial charge in [-0.25, -0.2) is 0 Å². The van der Waals surface area contributed by atoms with Gasteiger partial charge < -0.3 is 10.2 Å². The lowest BCUT2D eigenvalue weighted by molar-refractivity contribution is -0.151. The predicted molar refractivity (Wildman–Crippen MR) is 63.2 cm³/mol. The van der Waals surface area contributed by atoms with E-state index in [0.717, 1.165) is 32.1 Å². The van der Waals surface area contributed by atoms with Crippen molar-refractivity contribution in [1.29, 1.82) is 0 Å². The van der Waals surface area contributed by atoms with E-state index in [1.54, 1.807) is 0 Å². The van der Waals surface area contributed by atoms with Crippen LogP contribution >= 0.6 is 0 Å². The number of carbonyl (C=O) groups is 1. The first-order chi connectivity index (χ1) is 7.57. The van der Waals surface area contributed by atoms with Crippen molar-refractivity contribution in [2.24, 2.45) is 17.8 Å². The van der Waals surface area contributed by atoms with E-state index < -0.39 is 18.0 Å². The molecule has 0 amide bonds. The SMILES string of the molecule is CCC(C)C(O)C(C(=O)O)C1CCCCC1. The lowest BCUT2D eigenvalue weighted by Gasteiger charge is -2.33. The van der Waals surface area contributed by atoms with Crippen LogP contribution in [0.15, 0.2) is 0 Å². The Morgan fingerprint density at radius 3 is 2.31 bits per heavy atom. The van der Waals surface area contributed by atoms with Crippen LogP contribution in [0.1, 0.15) is 52.4 Å². The monoisotopic (exact) mass is 228 g/mol. The highest BCUT2D eigenvalue weighted by Crippen LogP contribution is 2.34. The summed E-state index contributed by atoms with van der Waals surface area (Å²) in [7, 11) is 0. The Labute approximate surface area is 97.9 Å². The standard InChI is InChI=1S/C13H24O3/c1-3-9(2)12(14)11(13(15)16)10-7-5-4-6-8-10/h9-12,14H,3-8H2,1-2H3,(H,15,16). The molecule has 1 aliphatic rings. The Morgan fingerprint density at radius 2 is 1.88 bits per heavy atom. The van der Waals surface area contributed by atoms with E-state index in [4.69, 9.17) is 0 Å². The van der Waals surface area contributed by atoms with Crippen molar-refractivity contribution < 1.29 is 15.0 Å². The van der Waals surface area contributed by atoms with Crippen molar-refractivity contribution in [3.8, 4) is 0 Å². The predicted octanol–water partition coefficient (Wildman–Crippen LogP) is 2.67. The van der Waals surface area contributed by atoms with Gasteiger partial charge in [0, 0.05) is 0 Å². The Bertz CT molecular complexity index is 219. The quantitative estimate of drug-likeness (QED) is 0.760. The van der Waals surface area contributed by atoms with Crippen molar-refractivity contribution in [1.82, 2.24) is 0 Å². The molecule has 16 heavy (non-hydrogen) atoms. The molecule has 0 aromatic carbocycles. The third-order valence-corrected chi connectivity index (χ3v) is 4.04. The molecule has 94 valence electrons. The molecule has 2 N–H and O–H groups in total. The molecule has 3 atom stereocenters. The molecule has 0 aliphatic heterocycles. The van der Waals surface area contributed by atoms with Gasteiger partial charge in [-0.2, -0.15) is 0 Å². The number of aliphatic hydroxyl groups excluding tert-OH is 1. The number of hydrogen-bond donors (Lipinski definition) is 2. The summed E-state index contributed by atoms with van der Waals surface area (Å²) in [5.41, 5.74) is 0. The molecular weight excluding hydrogens is 204 g/mol. The maximum Gasteiger partial charge on any atom is 0.309 e. The fourth-order valence-electron chi connectivity index (χ4n) is 2.72. The van der Waals surface area contributed by atoms with Gasteiger partial charge in [0.1, 0.15) is 0 Å². The van der Waals surface area contributed by atoms with Gasteiger partial charge in [0.2, 0.25) is 0 Å². The van der Waals surface area contributed by atoms with Crippen LogP contribution in [0.5, 0.6) is 0 Å². The van der Waals surface area contributed by atoms with E-state index in [-0.39, 0.29) is 11.8 Å². The molecular formula is C13H24O3. The van der Waals surface area contributed by atoms with Crippen LogP contribution in [0.25, 0.3) is 0 Å². The molecule has 3 nitrogen and oxygen atoms in total. The Hall–Kier alpha value is -0.570. The van der Waals surface area contributed by atoms with E-state index in [0.29, 0.717) is 0 Å². The second-order valence-electron chi connectivity index (χ2n) is 5.14. The van der Waals surface area contributed by atoms with Crippen LogP contribution in [0, 0.1) is 17.8 Å². The normalized spacial score (nSPS) is 23.7. The molecule has 1 fully saturated rings. The molecule has 1 rings (SSSR count). The molecule has 0 saturated heterocycles. The maximum absolute atomic E-state index is 11.3. The topological polar surface area (TPSA) is 57.5 Å². The van der Waals surface area contributed by atoms with E-state index in [2.05, 4.69) is 0 Å².